The summed E-state index contributed by atoms with van der Waals surface area (Å²) in [6.07, 6.45) is 61.6. The Labute approximate surface area is 398 Å². The smallest absolute Gasteiger partial charge is 0.306 e. The number of unbranched alkanes of at least 4 members (excludes halogenated alkanes) is 37. The van der Waals surface area contributed by atoms with E-state index in [1.807, 2.05) is 0 Å². The summed E-state index contributed by atoms with van der Waals surface area (Å²) in [6, 6.07) is 0. The van der Waals surface area contributed by atoms with Crippen molar-refractivity contribution in [1.82, 2.24) is 0 Å². The van der Waals surface area contributed by atoms with Crippen LogP contribution in [-0.4, -0.2) is 37.2 Å². The van der Waals surface area contributed by atoms with Crippen LogP contribution in [0.15, 0.2) is 24.3 Å². The second-order valence-corrected chi connectivity index (χ2v) is 19.2. The normalized spacial score (nSPS) is 12.1. The van der Waals surface area contributed by atoms with Crippen molar-refractivity contribution in [3.05, 3.63) is 24.3 Å². The van der Waals surface area contributed by atoms with Gasteiger partial charge in [0.15, 0.2) is 6.10 Å². The number of carbonyl (C=O) groups excluding carboxylic acids is 3. The number of hydrogen-bond donors (Lipinski definition) is 0. The molecule has 0 bridgehead atoms. The molecule has 376 valence electrons. The van der Waals surface area contributed by atoms with Gasteiger partial charge in [-0.3, -0.25) is 14.4 Å². The van der Waals surface area contributed by atoms with Crippen LogP contribution in [-0.2, 0) is 28.6 Å². The Balaban J connectivity index is 4.30. The monoisotopic (exact) mass is 901 g/mol. The van der Waals surface area contributed by atoms with Crippen LogP contribution in [0.1, 0.15) is 310 Å². The molecule has 1 unspecified atom stereocenters. The molecule has 0 amide bonds. The topological polar surface area (TPSA) is 78.9 Å². The molecular formula is C58H108O6. The second-order valence-electron chi connectivity index (χ2n) is 19.2. The van der Waals surface area contributed by atoms with Crippen molar-refractivity contribution in [2.75, 3.05) is 13.2 Å². The number of hydrogen-bond acceptors (Lipinski definition) is 6. The molecule has 0 aromatic heterocycles. The third-order valence-electron chi connectivity index (χ3n) is 12.7. The van der Waals surface area contributed by atoms with Gasteiger partial charge in [-0.25, -0.2) is 0 Å². The number of allylic oxidation sites excluding steroid dienone is 4. The van der Waals surface area contributed by atoms with E-state index >= 15 is 0 Å². The van der Waals surface area contributed by atoms with E-state index < -0.39 is 6.10 Å². The molecule has 0 aliphatic heterocycles. The lowest BCUT2D eigenvalue weighted by molar-refractivity contribution is -0.167. The number of rotatable bonds is 52. The van der Waals surface area contributed by atoms with Gasteiger partial charge >= 0.3 is 17.9 Å². The van der Waals surface area contributed by atoms with Crippen LogP contribution in [0.5, 0.6) is 0 Å². The predicted octanol–water partition coefficient (Wildman–Crippen LogP) is 18.7. The summed E-state index contributed by atoms with van der Waals surface area (Å²) in [5, 5.41) is 0. The van der Waals surface area contributed by atoms with Gasteiger partial charge in [-0.15, -0.1) is 0 Å². The lowest BCUT2D eigenvalue weighted by Gasteiger charge is -2.18. The second kappa shape index (κ2) is 53.5. The minimum absolute atomic E-state index is 0.0717. The Kier molecular flexibility index (Phi) is 51.7. The van der Waals surface area contributed by atoms with Crippen molar-refractivity contribution in [3.8, 4) is 0 Å². The molecular weight excluding hydrogens is 793 g/mol. The van der Waals surface area contributed by atoms with Crippen molar-refractivity contribution in [3.63, 3.8) is 0 Å². The van der Waals surface area contributed by atoms with Gasteiger partial charge < -0.3 is 14.2 Å². The highest BCUT2D eigenvalue weighted by Gasteiger charge is 2.19. The van der Waals surface area contributed by atoms with E-state index in [4.69, 9.17) is 14.2 Å². The maximum absolute atomic E-state index is 12.8. The Bertz CT molecular complexity index is 1040. The fraction of sp³-hybridized carbons (Fsp3) is 0.879. The van der Waals surface area contributed by atoms with Gasteiger partial charge in [0.1, 0.15) is 13.2 Å². The van der Waals surface area contributed by atoms with Gasteiger partial charge in [0.25, 0.3) is 0 Å². The van der Waals surface area contributed by atoms with Crippen molar-refractivity contribution >= 4 is 17.9 Å². The Morgan fingerprint density at radius 3 is 0.891 bits per heavy atom. The fourth-order valence-electron chi connectivity index (χ4n) is 8.42. The van der Waals surface area contributed by atoms with Crippen LogP contribution >= 0.6 is 0 Å². The van der Waals surface area contributed by atoms with E-state index in [2.05, 4.69) is 45.1 Å². The highest BCUT2D eigenvalue weighted by molar-refractivity contribution is 5.71. The summed E-state index contributed by atoms with van der Waals surface area (Å²) in [4.78, 5) is 38.1. The molecule has 0 saturated heterocycles. The minimum atomic E-state index is -0.773. The van der Waals surface area contributed by atoms with E-state index in [1.54, 1.807) is 0 Å². The molecule has 1 atom stereocenters. The van der Waals surface area contributed by atoms with Gasteiger partial charge in [-0.1, -0.05) is 263 Å². The Morgan fingerprint density at radius 1 is 0.312 bits per heavy atom. The summed E-state index contributed by atoms with van der Waals surface area (Å²) < 4.78 is 16.8. The van der Waals surface area contributed by atoms with Gasteiger partial charge in [0.2, 0.25) is 0 Å². The third-order valence-corrected chi connectivity index (χ3v) is 12.7. The predicted molar refractivity (Wildman–Crippen MR) is 275 cm³/mol. The lowest BCUT2D eigenvalue weighted by Crippen LogP contribution is -2.30. The third kappa shape index (κ3) is 50.9. The van der Waals surface area contributed by atoms with Crippen LogP contribution in [0.3, 0.4) is 0 Å². The molecule has 0 fully saturated rings. The fourth-order valence-corrected chi connectivity index (χ4v) is 8.42. The molecule has 0 radical (unpaired) electrons. The highest BCUT2D eigenvalue weighted by Crippen LogP contribution is 2.17. The van der Waals surface area contributed by atoms with Crippen LogP contribution in [0.25, 0.3) is 0 Å². The van der Waals surface area contributed by atoms with Crippen molar-refractivity contribution in [2.24, 2.45) is 0 Å². The van der Waals surface area contributed by atoms with Gasteiger partial charge in [-0.05, 0) is 51.4 Å². The molecule has 64 heavy (non-hydrogen) atoms. The molecule has 0 N–H and O–H groups in total. The standard InChI is InChI=1S/C58H108O6/c1-4-7-10-13-16-19-22-25-27-28-29-30-32-33-36-39-42-45-48-51-57(60)63-54-55(53-62-56(59)50-47-44-41-38-35-24-21-18-15-12-9-6-3)64-58(61)52-49-46-43-40-37-34-31-26-23-20-17-14-11-8-5-2/h17,20,26,31,55H,4-16,18-19,21-25,27-30,32-54H2,1-3H3/b20-17-,31-26-. The average Bonchev–Trinajstić information content (AvgIpc) is 3.29. The SMILES string of the molecule is CCCCC/C=C\C/C=C\CCCCCCCC(=O)OC(COC(=O)CCCCCCCCCCCCCC)COC(=O)CCCCCCCCCCCCCCCCCCCCC. The largest absolute Gasteiger partial charge is 0.462 e. The molecule has 0 aliphatic rings. The lowest BCUT2D eigenvalue weighted by atomic mass is 10.0. The summed E-state index contributed by atoms with van der Waals surface area (Å²) in [6.45, 7) is 6.64. The maximum atomic E-state index is 12.8. The van der Waals surface area contributed by atoms with Crippen molar-refractivity contribution < 1.29 is 28.6 Å². The minimum Gasteiger partial charge on any atom is -0.462 e. The maximum Gasteiger partial charge on any atom is 0.306 e. The molecule has 0 aromatic carbocycles. The summed E-state index contributed by atoms with van der Waals surface area (Å²) in [5.74, 6) is -0.866. The first-order valence-corrected chi connectivity index (χ1v) is 28.3. The zero-order valence-corrected chi connectivity index (χ0v) is 43.1. The quantitative estimate of drug-likeness (QED) is 0.0262. The molecule has 0 rings (SSSR count). The van der Waals surface area contributed by atoms with E-state index in [0.717, 1.165) is 77.0 Å². The molecule has 6 heteroatoms. The van der Waals surface area contributed by atoms with Crippen LogP contribution in [0, 0.1) is 0 Å². The van der Waals surface area contributed by atoms with Crippen LogP contribution in [0.4, 0.5) is 0 Å². The van der Waals surface area contributed by atoms with E-state index in [-0.39, 0.29) is 31.1 Å². The van der Waals surface area contributed by atoms with Crippen LogP contribution in [0.2, 0.25) is 0 Å². The molecule has 0 spiro atoms. The first-order valence-electron chi connectivity index (χ1n) is 28.3. The molecule has 6 nitrogen and oxygen atoms in total. The summed E-state index contributed by atoms with van der Waals surface area (Å²) in [7, 11) is 0. The van der Waals surface area contributed by atoms with Crippen LogP contribution < -0.4 is 0 Å². The number of esters is 3. The molecule has 0 aromatic rings. The molecule has 0 aliphatic carbocycles. The van der Waals surface area contributed by atoms with Gasteiger partial charge in [-0.2, -0.15) is 0 Å². The first kappa shape index (κ1) is 61.9. The molecule has 0 saturated carbocycles. The zero-order valence-electron chi connectivity index (χ0n) is 43.1. The summed E-state index contributed by atoms with van der Waals surface area (Å²) in [5.41, 5.74) is 0. The Hall–Kier alpha value is -2.11. The Morgan fingerprint density at radius 2 is 0.562 bits per heavy atom. The zero-order chi connectivity index (χ0) is 46.5. The van der Waals surface area contributed by atoms with E-state index in [9.17, 15) is 14.4 Å². The van der Waals surface area contributed by atoms with Gasteiger partial charge in [0.05, 0.1) is 0 Å². The number of carbonyl (C=O) groups is 3. The van der Waals surface area contributed by atoms with Crippen molar-refractivity contribution in [1.29, 1.82) is 0 Å². The first-order chi connectivity index (χ1) is 31.5. The highest BCUT2D eigenvalue weighted by atomic mass is 16.6. The van der Waals surface area contributed by atoms with Gasteiger partial charge in [0, 0.05) is 19.3 Å². The molecule has 0 heterocycles. The van der Waals surface area contributed by atoms with Crippen molar-refractivity contribution in [2.45, 2.75) is 316 Å². The average molecular weight is 901 g/mol. The van der Waals surface area contributed by atoms with E-state index in [0.29, 0.717) is 19.3 Å². The number of ether oxygens (including phenoxy) is 3. The van der Waals surface area contributed by atoms with E-state index in [1.165, 1.54) is 193 Å². The summed E-state index contributed by atoms with van der Waals surface area (Å²) >= 11 is 0.